The predicted octanol–water partition coefficient (Wildman–Crippen LogP) is 1.59. The first-order valence-corrected chi connectivity index (χ1v) is 5.80. The maximum absolute atomic E-state index is 9.22. The van der Waals surface area contributed by atoms with E-state index in [1.165, 1.54) is 4.80 Å². The van der Waals surface area contributed by atoms with Crippen molar-refractivity contribution in [3.8, 4) is 5.75 Å². The van der Waals surface area contributed by atoms with Crippen LogP contribution in [0.4, 0.5) is 0 Å². The van der Waals surface area contributed by atoms with E-state index in [-0.39, 0.29) is 13.2 Å². The molecule has 1 heterocycles. The summed E-state index contributed by atoms with van der Waals surface area (Å²) >= 11 is 11.8. The zero-order valence-corrected chi connectivity index (χ0v) is 11.0. The van der Waals surface area contributed by atoms with E-state index in [4.69, 9.17) is 27.9 Å². The number of aryl methyl sites for hydroxylation is 1. The largest absolute Gasteiger partial charge is 0.484 e. The summed E-state index contributed by atoms with van der Waals surface area (Å²) in [5.41, 5.74) is 0.511. The summed E-state index contributed by atoms with van der Waals surface area (Å²) in [4.78, 5) is 1.33. The van der Waals surface area contributed by atoms with Gasteiger partial charge in [-0.25, -0.2) is 0 Å². The third-order valence-electron chi connectivity index (χ3n) is 2.15. The number of halogens is 2. The van der Waals surface area contributed by atoms with Gasteiger partial charge in [0, 0.05) is 10.6 Å². The van der Waals surface area contributed by atoms with Crippen LogP contribution in [0.2, 0.25) is 10.0 Å². The Morgan fingerprint density at radius 3 is 2.78 bits per heavy atom. The second-order valence-electron chi connectivity index (χ2n) is 3.52. The lowest BCUT2D eigenvalue weighted by atomic mass is 10.2. The molecule has 0 amide bonds. The molecule has 0 atom stereocenters. The van der Waals surface area contributed by atoms with Gasteiger partial charge in [-0.1, -0.05) is 23.2 Å². The van der Waals surface area contributed by atoms with Gasteiger partial charge in [0.05, 0.1) is 18.7 Å². The minimum Gasteiger partial charge on any atom is -0.484 e. The quantitative estimate of drug-likeness (QED) is 0.925. The summed E-state index contributed by atoms with van der Waals surface area (Å²) in [5, 5.41) is 21.4. The summed E-state index contributed by atoms with van der Waals surface area (Å²) in [5.74, 6) is 0.795. The first-order valence-electron chi connectivity index (χ1n) is 5.04. The van der Waals surface area contributed by atoms with Crippen LogP contribution in [0.1, 0.15) is 11.4 Å². The molecule has 6 nitrogen and oxygen atoms in total. The molecule has 96 valence electrons. The number of hydrogen-bond acceptors (Lipinski definition) is 5. The Balaban J connectivity index is 2.18. The van der Waals surface area contributed by atoms with Crippen LogP contribution < -0.4 is 4.74 Å². The second-order valence-corrected chi connectivity index (χ2v) is 4.36. The third-order valence-corrected chi connectivity index (χ3v) is 2.65. The van der Waals surface area contributed by atoms with Gasteiger partial charge in [-0.2, -0.15) is 4.80 Å². The third kappa shape index (κ3) is 2.90. The summed E-state index contributed by atoms with van der Waals surface area (Å²) < 4.78 is 5.48. The molecular weight excluding hydrogens is 279 g/mol. The van der Waals surface area contributed by atoms with E-state index in [0.717, 1.165) is 0 Å². The summed E-state index contributed by atoms with van der Waals surface area (Å²) in [7, 11) is 1.66. The molecule has 0 saturated carbocycles. The van der Waals surface area contributed by atoms with Crippen molar-refractivity contribution < 1.29 is 9.84 Å². The van der Waals surface area contributed by atoms with Crippen LogP contribution in [-0.2, 0) is 20.3 Å². The average Bonchev–Trinajstić information content (AvgIpc) is 2.73. The van der Waals surface area contributed by atoms with E-state index in [2.05, 4.69) is 15.4 Å². The molecule has 0 aliphatic rings. The predicted molar refractivity (Wildman–Crippen MR) is 65.5 cm³/mol. The lowest BCUT2D eigenvalue weighted by molar-refractivity contribution is 0.255. The van der Waals surface area contributed by atoms with Crippen LogP contribution in [0.3, 0.4) is 0 Å². The highest BCUT2D eigenvalue weighted by molar-refractivity contribution is 6.35. The highest BCUT2D eigenvalue weighted by atomic mass is 35.5. The van der Waals surface area contributed by atoms with E-state index in [0.29, 0.717) is 27.2 Å². The molecule has 1 N–H and O–H groups in total. The van der Waals surface area contributed by atoms with E-state index in [1.807, 2.05) is 0 Å². The number of ether oxygens (including phenoxy) is 1. The molecule has 8 heteroatoms. The van der Waals surface area contributed by atoms with Crippen molar-refractivity contribution in [1.82, 2.24) is 20.2 Å². The Bertz CT molecular complexity index is 559. The van der Waals surface area contributed by atoms with E-state index in [1.54, 1.807) is 19.2 Å². The Morgan fingerprint density at radius 2 is 2.17 bits per heavy atom. The van der Waals surface area contributed by atoms with Crippen LogP contribution in [0.5, 0.6) is 5.75 Å². The highest BCUT2D eigenvalue weighted by Gasteiger charge is 2.11. The van der Waals surface area contributed by atoms with Crippen LogP contribution in [0.15, 0.2) is 12.1 Å². The number of nitrogens with zero attached hydrogens (tertiary/aromatic N) is 4. The van der Waals surface area contributed by atoms with E-state index in [9.17, 15) is 5.11 Å². The lowest BCUT2D eigenvalue weighted by Gasteiger charge is -2.10. The minimum atomic E-state index is -0.219. The average molecular weight is 289 g/mol. The van der Waals surface area contributed by atoms with Crippen molar-refractivity contribution >= 4 is 23.2 Å². The molecule has 0 radical (unpaired) electrons. The molecule has 2 aromatic rings. The lowest BCUT2D eigenvalue weighted by Crippen LogP contribution is -2.02. The molecule has 0 aliphatic heterocycles. The topological polar surface area (TPSA) is 73.1 Å². The van der Waals surface area contributed by atoms with Gasteiger partial charge < -0.3 is 9.84 Å². The number of tetrazole rings is 1. The smallest absolute Gasteiger partial charge is 0.212 e. The van der Waals surface area contributed by atoms with Gasteiger partial charge in [0.1, 0.15) is 5.75 Å². The van der Waals surface area contributed by atoms with Crippen molar-refractivity contribution in [3.63, 3.8) is 0 Å². The fraction of sp³-hybridized carbons (Fsp3) is 0.300. The summed E-state index contributed by atoms with van der Waals surface area (Å²) in [6, 6.07) is 3.13. The van der Waals surface area contributed by atoms with Gasteiger partial charge in [0.2, 0.25) is 5.82 Å². The zero-order chi connectivity index (χ0) is 13.1. The van der Waals surface area contributed by atoms with Crippen molar-refractivity contribution in [2.75, 3.05) is 0 Å². The Labute approximate surface area is 113 Å². The fourth-order valence-corrected chi connectivity index (χ4v) is 2.00. The van der Waals surface area contributed by atoms with Crippen molar-refractivity contribution in [3.05, 3.63) is 33.6 Å². The first-order chi connectivity index (χ1) is 8.60. The molecule has 1 aromatic carbocycles. The number of aromatic nitrogens is 4. The molecule has 0 saturated heterocycles. The first kappa shape index (κ1) is 13.1. The van der Waals surface area contributed by atoms with Gasteiger partial charge in [0.15, 0.2) is 6.61 Å². The van der Waals surface area contributed by atoms with Crippen molar-refractivity contribution in [2.24, 2.45) is 7.05 Å². The van der Waals surface area contributed by atoms with Crippen LogP contribution in [0.25, 0.3) is 0 Å². The van der Waals surface area contributed by atoms with Crippen molar-refractivity contribution in [1.29, 1.82) is 0 Å². The molecule has 0 unspecified atom stereocenters. The molecule has 1 aromatic heterocycles. The molecular formula is C10H10Cl2N4O2. The molecule has 2 rings (SSSR count). The molecule has 18 heavy (non-hydrogen) atoms. The van der Waals surface area contributed by atoms with E-state index >= 15 is 0 Å². The van der Waals surface area contributed by atoms with Crippen LogP contribution in [-0.4, -0.2) is 25.3 Å². The molecule has 0 bridgehead atoms. The van der Waals surface area contributed by atoms with E-state index < -0.39 is 0 Å². The van der Waals surface area contributed by atoms with Crippen LogP contribution in [0, 0.1) is 0 Å². The Kier molecular flexibility index (Phi) is 4.00. The van der Waals surface area contributed by atoms with Gasteiger partial charge in [-0.3, -0.25) is 0 Å². The maximum atomic E-state index is 9.22. The number of benzene rings is 1. The summed E-state index contributed by atoms with van der Waals surface area (Å²) in [6.45, 7) is -0.105. The minimum absolute atomic E-state index is 0.113. The Morgan fingerprint density at radius 1 is 1.39 bits per heavy atom. The SMILES string of the molecule is Cn1nnc(COc2c(Cl)cc(Cl)cc2CO)n1. The molecule has 0 fully saturated rings. The molecule has 0 spiro atoms. The number of aliphatic hydroxyl groups excluding tert-OH is 1. The van der Waals surface area contributed by atoms with Crippen molar-refractivity contribution in [2.45, 2.75) is 13.2 Å². The number of rotatable bonds is 4. The zero-order valence-electron chi connectivity index (χ0n) is 9.47. The van der Waals surface area contributed by atoms with Crippen LogP contribution >= 0.6 is 23.2 Å². The van der Waals surface area contributed by atoms with Gasteiger partial charge in [0.25, 0.3) is 0 Å². The summed E-state index contributed by atoms with van der Waals surface area (Å²) in [6.07, 6.45) is 0. The highest BCUT2D eigenvalue weighted by Crippen LogP contribution is 2.32. The van der Waals surface area contributed by atoms with Gasteiger partial charge in [-0.05, 0) is 17.3 Å². The fourth-order valence-electron chi connectivity index (χ4n) is 1.41. The molecule has 0 aliphatic carbocycles. The van der Waals surface area contributed by atoms with Gasteiger partial charge >= 0.3 is 0 Å². The maximum Gasteiger partial charge on any atom is 0.212 e. The normalized spacial score (nSPS) is 10.7. The monoisotopic (exact) mass is 288 g/mol. The second kappa shape index (κ2) is 5.51. The van der Waals surface area contributed by atoms with Gasteiger partial charge in [-0.15, -0.1) is 10.2 Å². The number of hydrogen-bond donors (Lipinski definition) is 1. The number of aliphatic hydroxyl groups is 1. The Hall–Kier alpha value is -1.37. The standard InChI is InChI=1S/C10H10Cl2N4O2/c1-16-14-9(13-15-16)5-18-10-6(4-17)2-7(11)3-8(10)12/h2-3,17H,4-5H2,1H3.